The van der Waals surface area contributed by atoms with Gasteiger partial charge in [-0.25, -0.2) is 0 Å². The summed E-state index contributed by atoms with van der Waals surface area (Å²) in [5, 5.41) is 15.2. The molecular weight excluding hydrogens is 725 g/mol. The first kappa shape index (κ1) is 33.1. The van der Waals surface area contributed by atoms with Crippen molar-refractivity contribution in [3.8, 4) is 33.6 Å². The number of aromatic nitrogens is 2. The molecule has 0 aliphatic carbocycles. The van der Waals surface area contributed by atoms with Crippen molar-refractivity contribution in [1.29, 1.82) is 0 Å². The van der Waals surface area contributed by atoms with Crippen LogP contribution in [-0.2, 0) is 0 Å². The number of hydrogen-bond donors (Lipinski definition) is 0. The molecule has 0 bridgehead atoms. The van der Waals surface area contributed by atoms with E-state index < -0.39 is 0 Å². The summed E-state index contributed by atoms with van der Waals surface area (Å²) in [4.78, 5) is 0. The molecule has 0 atom stereocenters. The lowest BCUT2D eigenvalue weighted by molar-refractivity contribution is 1.19. The van der Waals surface area contributed by atoms with Crippen LogP contribution in [-0.4, -0.2) is 9.13 Å². The average Bonchev–Trinajstić information content (AvgIpc) is 3.83. The Balaban J connectivity index is 0.996. The van der Waals surface area contributed by atoms with Crippen molar-refractivity contribution < 1.29 is 0 Å². The standard InChI is InChI=1S/C58H36N2/c1-2-14-37(15-3-1)41-32-40-16-4-5-17-43(40)58(35-41)60-55-25-13-11-23-50(55)53-34-39(27-31-57(53)60)38-26-30-56-52(33-38)49-22-10-12-24-54(49)59(56)42-28-29-48-46-20-7-6-18-44(46)45-19-8-9-21-47(45)51(48)36-42/h1-36H. The Morgan fingerprint density at radius 1 is 0.217 bits per heavy atom. The van der Waals surface area contributed by atoms with Crippen molar-refractivity contribution in [2.24, 2.45) is 0 Å². The molecule has 2 heterocycles. The van der Waals surface area contributed by atoms with Gasteiger partial charge in [-0.2, -0.15) is 0 Å². The third-order valence-electron chi connectivity index (χ3n) is 12.9. The Morgan fingerprint density at radius 2 is 0.683 bits per heavy atom. The summed E-state index contributed by atoms with van der Waals surface area (Å²) in [7, 11) is 0. The molecule has 0 fully saturated rings. The molecule has 13 aromatic rings. The van der Waals surface area contributed by atoms with Crippen LogP contribution in [0, 0.1) is 0 Å². The van der Waals surface area contributed by atoms with E-state index in [0.717, 1.165) is 0 Å². The molecule has 0 N–H and O–H groups in total. The van der Waals surface area contributed by atoms with Crippen molar-refractivity contribution >= 4 is 86.7 Å². The first-order chi connectivity index (χ1) is 29.8. The van der Waals surface area contributed by atoms with Crippen molar-refractivity contribution in [1.82, 2.24) is 9.13 Å². The SMILES string of the molecule is c1ccc(-c2cc(-n3c4ccccc4c4cc(-c5ccc6c(c5)c5ccccc5n6-c5ccc6c7ccccc7c7ccccc7c6c5)ccc43)c3ccccc3c2)cc1. The zero-order valence-corrected chi connectivity index (χ0v) is 32.7. The fourth-order valence-electron chi connectivity index (χ4n) is 10.2. The van der Waals surface area contributed by atoms with Crippen molar-refractivity contribution in [2.45, 2.75) is 0 Å². The van der Waals surface area contributed by atoms with Gasteiger partial charge in [-0.05, 0) is 121 Å². The summed E-state index contributed by atoms with van der Waals surface area (Å²) in [5.41, 5.74) is 12.0. The molecule has 0 amide bonds. The van der Waals surface area contributed by atoms with E-state index in [1.54, 1.807) is 0 Å². The fraction of sp³-hybridized carbons (Fsp3) is 0. The minimum Gasteiger partial charge on any atom is -0.309 e. The van der Waals surface area contributed by atoms with E-state index in [4.69, 9.17) is 0 Å². The van der Waals surface area contributed by atoms with Gasteiger partial charge in [0.1, 0.15) is 0 Å². The predicted molar refractivity (Wildman–Crippen MR) is 256 cm³/mol. The molecule has 278 valence electrons. The van der Waals surface area contributed by atoms with Crippen LogP contribution in [0.15, 0.2) is 218 Å². The summed E-state index contributed by atoms with van der Waals surface area (Å²) in [5.74, 6) is 0. The molecule has 0 aliphatic heterocycles. The molecule has 11 aromatic carbocycles. The fourth-order valence-corrected chi connectivity index (χ4v) is 10.2. The lowest BCUT2D eigenvalue weighted by Gasteiger charge is -2.15. The smallest absolute Gasteiger partial charge is 0.0546 e. The second-order valence-corrected chi connectivity index (χ2v) is 16.1. The Hall–Kier alpha value is -7.94. The van der Waals surface area contributed by atoms with Crippen molar-refractivity contribution in [3.63, 3.8) is 0 Å². The van der Waals surface area contributed by atoms with Crippen molar-refractivity contribution in [3.05, 3.63) is 218 Å². The zero-order valence-electron chi connectivity index (χ0n) is 32.7. The second-order valence-electron chi connectivity index (χ2n) is 16.1. The Bertz CT molecular complexity index is 3850. The molecule has 0 radical (unpaired) electrons. The van der Waals surface area contributed by atoms with E-state index in [1.165, 1.54) is 120 Å². The van der Waals surface area contributed by atoms with Gasteiger partial charge in [0.15, 0.2) is 0 Å². The highest BCUT2D eigenvalue weighted by atomic mass is 15.0. The molecule has 2 heteroatoms. The lowest BCUT2D eigenvalue weighted by atomic mass is 9.94. The van der Waals surface area contributed by atoms with Gasteiger partial charge in [-0.1, -0.05) is 158 Å². The number of fused-ring (bicyclic) bond motifs is 13. The van der Waals surface area contributed by atoms with Crippen molar-refractivity contribution in [2.75, 3.05) is 0 Å². The molecule has 60 heavy (non-hydrogen) atoms. The van der Waals surface area contributed by atoms with Gasteiger partial charge >= 0.3 is 0 Å². The van der Waals surface area contributed by atoms with E-state index in [-0.39, 0.29) is 0 Å². The average molecular weight is 761 g/mol. The van der Waals surface area contributed by atoms with Gasteiger partial charge in [0.05, 0.1) is 27.8 Å². The summed E-state index contributed by atoms with van der Waals surface area (Å²) >= 11 is 0. The Kier molecular flexibility index (Phi) is 7.05. The largest absolute Gasteiger partial charge is 0.309 e. The normalized spacial score (nSPS) is 12.0. The first-order valence-electron chi connectivity index (χ1n) is 20.8. The second kappa shape index (κ2) is 12.8. The molecule has 2 nitrogen and oxygen atoms in total. The maximum Gasteiger partial charge on any atom is 0.0546 e. The number of rotatable bonds is 4. The molecule has 0 saturated heterocycles. The van der Waals surface area contributed by atoms with Crippen LogP contribution >= 0.6 is 0 Å². The van der Waals surface area contributed by atoms with Crippen LogP contribution in [0.3, 0.4) is 0 Å². The number of hydrogen-bond acceptors (Lipinski definition) is 0. The maximum atomic E-state index is 2.47. The highest BCUT2D eigenvalue weighted by Crippen LogP contribution is 2.42. The summed E-state index contributed by atoms with van der Waals surface area (Å²) in [6.07, 6.45) is 0. The van der Waals surface area contributed by atoms with Gasteiger partial charge in [-0.15, -0.1) is 0 Å². The summed E-state index contributed by atoms with van der Waals surface area (Å²) in [6.45, 7) is 0. The van der Waals surface area contributed by atoms with Crippen LogP contribution in [0.25, 0.3) is 120 Å². The molecule has 0 unspecified atom stereocenters. The van der Waals surface area contributed by atoms with Crippen LogP contribution in [0.1, 0.15) is 0 Å². The van der Waals surface area contributed by atoms with Gasteiger partial charge < -0.3 is 9.13 Å². The van der Waals surface area contributed by atoms with E-state index >= 15 is 0 Å². The third kappa shape index (κ3) is 4.82. The number of benzene rings is 11. The molecule has 0 saturated carbocycles. The lowest BCUT2D eigenvalue weighted by Crippen LogP contribution is -1.96. The van der Waals surface area contributed by atoms with E-state index in [1.807, 2.05) is 0 Å². The highest BCUT2D eigenvalue weighted by molar-refractivity contribution is 6.26. The third-order valence-corrected chi connectivity index (χ3v) is 12.9. The van der Waals surface area contributed by atoms with E-state index in [0.29, 0.717) is 0 Å². The molecule has 2 aromatic heterocycles. The first-order valence-corrected chi connectivity index (χ1v) is 20.8. The van der Waals surface area contributed by atoms with Gasteiger partial charge in [0, 0.05) is 32.6 Å². The molecule has 0 spiro atoms. The minimum absolute atomic E-state index is 1.17. The van der Waals surface area contributed by atoms with E-state index in [2.05, 4.69) is 228 Å². The Labute approximate surface area is 346 Å². The number of nitrogens with zero attached hydrogens (tertiary/aromatic N) is 2. The molecule has 13 rings (SSSR count). The monoisotopic (exact) mass is 760 g/mol. The van der Waals surface area contributed by atoms with Crippen LogP contribution in [0.5, 0.6) is 0 Å². The van der Waals surface area contributed by atoms with Gasteiger partial charge in [0.25, 0.3) is 0 Å². The van der Waals surface area contributed by atoms with Crippen LogP contribution < -0.4 is 0 Å². The molecule has 0 aliphatic rings. The highest BCUT2D eigenvalue weighted by Gasteiger charge is 2.19. The summed E-state index contributed by atoms with van der Waals surface area (Å²) in [6, 6.07) is 80.6. The van der Waals surface area contributed by atoms with Gasteiger partial charge in [0.2, 0.25) is 0 Å². The van der Waals surface area contributed by atoms with E-state index in [9.17, 15) is 0 Å². The Morgan fingerprint density at radius 3 is 1.32 bits per heavy atom. The zero-order chi connectivity index (χ0) is 39.3. The maximum absolute atomic E-state index is 2.47. The summed E-state index contributed by atoms with van der Waals surface area (Å²) < 4.78 is 4.91. The predicted octanol–water partition coefficient (Wildman–Crippen LogP) is 15.8. The van der Waals surface area contributed by atoms with Gasteiger partial charge in [-0.3, -0.25) is 0 Å². The number of para-hydroxylation sites is 2. The quantitative estimate of drug-likeness (QED) is 0.158. The van der Waals surface area contributed by atoms with Crippen LogP contribution in [0.4, 0.5) is 0 Å². The van der Waals surface area contributed by atoms with Crippen LogP contribution in [0.2, 0.25) is 0 Å². The molecular formula is C58H36N2. The minimum atomic E-state index is 1.17. The topological polar surface area (TPSA) is 9.86 Å².